The fraction of sp³-hybridized carbons (Fsp3) is 0.721. The zero-order valence-corrected chi connectivity index (χ0v) is 48.6. The van der Waals surface area contributed by atoms with E-state index in [2.05, 4.69) is 118 Å². The molecule has 6 heteroatoms. The molecule has 0 aromatic carbocycles. The van der Waals surface area contributed by atoms with Gasteiger partial charge >= 0.3 is 17.9 Å². The van der Waals surface area contributed by atoms with Gasteiger partial charge in [-0.2, -0.15) is 0 Å². The summed E-state index contributed by atoms with van der Waals surface area (Å²) in [6, 6.07) is 0. The number of unbranched alkanes of at least 4 members (excludes halogenated alkanes) is 29. The molecule has 74 heavy (non-hydrogen) atoms. The van der Waals surface area contributed by atoms with E-state index in [1.807, 2.05) is 0 Å². The highest BCUT2D eigenvalue weighted by Gasteiger charge is 2.19. The fourth-order valence-corrected chi connectivity index (χ4v) is 8.66. The van der Waals surface area contributed by atoms with E-state index in [9.17, 15) is 14.4 Å². The second-order valence-corrected chi connectivity index (χ2v) is 20.6. The minimum atomic E-state index is -0.781. The maximum absolute atomic E-state index is 12.8. The van der Waals surface area contributed by atoms with Crippen LogP contribution in [0.15, 0.2) is 97.2 Å². The number of hydrogen-bond acceptors (Lipinski definition) is 6. The van der Waals surface area contributed by atoms with Gasteiger partial charge in [0.15, 0.2) is 6.10 Å². The van der Waals surface area contributed by atoms with Crippen LogP contribution in [-0.2, 0) is 28.6 Å². The van der Waals surface area contributed by atoms with Gasteiger partial charge in [0, 0.05) is 19.3 Å². The molecule has 0 fully saturated rings. The van der Waals surface area contributed by atoms with Crippen LogP contribution >= 0.6 is 0 Å². The van der Waals surface area contributed by atoms with Crippen molar-refractivity contribution in [3.8, 4) is 0 Å². The molecule has 0 heterocycles. The van der Waals surface area contributed by atoms with E-state index in [0.29, 0.717) is 19.3 Å². The van der Waals surface area contributed by atoms with Crippen LogP contribution in [-0.4, -0.2) is 37.2 Å². The van der Waals surface area contributed by atoms with Gasteiger partial charge in [-0.3, -0.25) is 14.4 Å². The van der Waals surface area contributed by atoms with Crippen molar-refractivity contribution in [2.24, 2.45) is 0 Å². The van der Waals surface area contributed by atoms with E-state index in [1.54, 1.807) is 0 Å². The number of esters is 3. The van der Waals surface area contributed by atoms with Gasteiger partial charge in [-0.05, 0) is 96.3 Å². The zero-order chi connectivity index (χ0) is 53.6. The van der Waals surface area contributed by atoms with Crippen LogP contribution in [0.2, 0.25) is 0 Å². The smallest absolute Gasteiger partial charge is 0.306 e. The molecule has 0 radical (unpaired) electrons. The molecule has 0 aliphatic carbocycles. The fourth-order valence-electron chi connectivity index (χ4n) is 8.66. The van der Waals surface area contributed by atoms with Crippen LogP contribution < -0.4 is 0 Å². The largest absolute Gasteiger partial charge is 0.462 e. The van der Waals surface area contributed by atoms with E-state index >= 15 is 0 Å². The Morgan fingerprint density at radius 2 is 0.554 bits per heavy atom. The second kappa shape index (κ2) is 61.9. The molecule has 1 atom stereocenters. The summed E-state index contributed by atoms with van der Waals surface area (Å²) in [4.78, 5) is 38.1. The molecule has 0 N–H and O–H groups in total. The summed E-state index contributed by atoms with van der Waals surface area (Å²) in [6.07, 6.45) is 82.8. The van der Waals surface area contributed by atoms with Crippen molar-refractivity contribution in [1.29, 1.82) is 0 Å². The van der Waals surface area contributed by atoms with Gasteiger partial charge in [0.1, 0.15) is 13.2 Å². The Balaban J connectivity index is 4.20. The lowest BCUT2D eigenvalue weighted by atomic mass is 10.0. The number of hydrogen-bond donors (Lipinski definition) is 0. The molecule has 0 aromatic rings. The number of carbonyl (C=O) groups is 3. The average molecular weight is 1030 g/mol. The van der Waals surface area contributed by atoms with Crippen molar-refractivity contribution in [3.63, 3.8) is 0 Å². The summed E-state index contributed by atoms with van der Waals surface area (Å²) < 4.78 is 16.9. The molecule has 0 saturated heterocycles. The quantitative estimate of drug-likeness (QED) is 0.0261. The minimum Gasteiger partial charge on any atom is -0.462 e. The van der Waals surface area contributed by atoms with Crippen LogP contribution in [0.4, 0.5) is 0 Å². The van der Waals surface area contributed by atoms with Gasteiger partial charge in [0.25, 0.3) is 0 Å². The molecular weight excluding hydrogens is 913 g/mol. The lowest BCUT2D eigenvalue weighted by Gasteiger charge is -2.18. The third-order valence-electron chi connectivity index (χ3n) is 13.3. The van der Waals surface area contributed by atoms with Crippen LogP contribution in [0.5, 0.6) is 0 Å². The van der Waals surface area contributed by atoms with Gasteiger partial charge in [-0.25, -0.2) is 0 Å². The Hall–Kier alpha value is -3.67. The van der Waals surface area contributed by atoms with E-state index in [4.69, 9.17) is 14.2 Å². The standard InChI is InChI=1S/C68H116O6/c1-4-7-10-13-16-19-22-24-26-27-28-29-30-31-32-33-34-35-36-37-38-39-40-41-43-44-46-49-52-55-58-61-67(70)73-64-65(63-72-66(69)60-57-54-51-48-21-18-15-12-9-6-3)74-68(71)62-59-56-53-50-47-45-42-25-23-20-17-14-11-8-5-2/h7,10,12,15-16,19,24,26,28-29,31-32,34-35,37-38,65H,4-6,8-9,11,13-14,17-18,20-23,25,27,30,33,36,39-64H2,1-3H3/b10-7-,15-12-,19-16-,26-24-,29-28-,32-31-,35-34-,38-37-. The molecule has 0 amide bonds. The minimum absolute atomic E-state index is 0.0807. The number of carbonyl (C=O) groups excluding carboxylic acids is 3. The van der Waals surface area contributed by atoms with Crippen molar-refractivity contribution < 1.29 is 28.6 Å². The average Bonchev–Trinajstić information content (AvgIpc) is 3.40. The number of ether oxygens (including phenoxy) is 3. The summed E-state index contributed by atoms with van der Waals surface area (Å²) >= 11 is 0. The molecule has 0 spiro atoms. The van der Waals surface area contributed by atoms with Gasteiger partial charge in [0.05, 0.1) is 0 Å². The summed E-state index contributed by atoms with van der Waals surface area (Å²) in [6.45, 7) is 6.47. The van der Waals surface area contributed by atoms with E-state index < -0.39 is 6.10 Å². The Labute approximate surface area is 457 Å². The van der Waals surface area contributed by atoms with Gasteiger partial charge < -0.3 is 14.2 Å². The van der Waals surface area contributed by atoms with Crippen LogP contribution in [0.3, 0.4) is 0 Å². The lowest BCUT2D eigenvalue weighted by Crippen LogP contribution is -2.30. The molecule has 0 rings (SSSR count). The van der Waals surface area contributed by atoms with E-state index in [0.717, 1.165) is 122 Å². The van der Waals surface area contributed by atoms with Gasteiger partial charge in [-0.1, -0.05) is 279 Å². The van der Waals surface area contributed by atoms with Crippen molar-refractivity contribution in [1.82, 2.24) is 0 Å². The highest BCUT2D eigenvalue weighted by atomic mass is 16.6. The van der Waals surface area contributed by atoms with Crippen LogP contribution in [0.1, 0.15) is 297 Å². The predicted octanol–water partition coefficient (Wildman–Crippen LogP) is 21.3. The lowest BCUT2D eigenvalue weighted by molar-refractivity contribution is -0.167. The van der Waals surface area contributed by atoms with Crippen molar-refractivity contribution in [2.75, 3.05) is 13.2 Å². The Bertz CT molecular complexity index is 1460. The Kier molecular flexibility index (Phi) is 58.8. The first-order valence-electron chi connectivity index (χ1n) is 31.2. The first kappa shape index (κ1) is 70.3. The highest BCUT2D eigenvalue weighted by molar-refractivity contribution is 5.71. The molecular formula is C68H116O6. The molecule has 1 unspecified atom stereocenters. The van der Waals surface area contributed by atoms with Gasteiger partial charge in [-0.15, -0.1) is 0 Å². The van der Waals surface area contributed by atoms with Crippen molar-refractivity contribution in [2.45, 2.75) is 303 Å². The normalized spacial score (nSPS) is 12.7. The number of allylic oxidation sites excluding steroid dienone is 16. The molecule has 0 aromatic heterocycles. The highest BCUT2D eigenvalue weighted by Crippen LogP contribution is 2.16. The van der Waals surface area contributed by atoms with Crippen molar-refractivity contribution in [3.05, 3.63) is 97.2 Å². The van der Waals surface area contributed by atoms with E-state index in [1.165, 1.54) is 135 Å². The molecule has 0 aliphatic heterocycles. The first-order valence-corrected chi connectivity index (χ1v) is 31.2. The van der Waals surface area contributed by atoms with Gasteiger partial charge in [0.2, 0.25) is 0 Å². The Morgan fingerprint density at radius 1 is 0.284 bits per heavy atom. The maximum atomic E-state index is 12.8. The molecule has 0 saturated carbocycles. The Morgan fingerprint density at radius 3 is 0.892 bits per heavy atom. The third-order valence-corrected chi connectivity index (χ3v) is 13.3. The topological polar surface area (TPSA) is 78.9 Å². The second-order valence-electron chi connectivity index (χ2n) is 20.6. The summed E-state index contributed by atoms with van der Waals surface area (Å²) in [5, 5.41) is 0. The van der Waals surface area contributed by atoms with E-state index in [-0.39, 0.29) is 31.1 Å². The summed E-state index contributed by atoms with van der Waals surface area (Å²) in [5.74, 6) is -0.888. The third kappa shape index (κ3) is 59.2. The van der Waals surface area contributed by atoms with Crippen LogP contribution in [0.25, 0.3) is 0 Å². The monoisotopic (exact) mass is 1030 g/mol. The molecule has 0 bridgehead atoms. The molecule has 6 nitrogen and oxygen atoms in total. The summed E-state index contributed by atoms with van der Waals surface area (Å²) in [5.41, 5.74) is 0. The van der Waals surface area contributed by atoms with Crippen LogP contribution in [0, 0.1) is 0 Å². The molecule has 0 aliphatic rings. The predicted molar refractivity (Wildman–Crippen MR) is 320 cm³/mol. The maximum Gasteiger partial charge on any atom is 0.306 e. The SMILES string of the molecule is CC/C=C\C/C=C\C/C=C\C/C=C\C/C=C\C/C=C\C/C=C\CCCCCCCCCCCC(=O)OCC(COC(=O)CCCCCCC/C=C\CCC)OC(=O)CCCCCCCCCCCCCCCCC. The summed E-state index contributed by atoms with van der Waals surface area (Å²) in [7, 11) is 0. The first-order chi connectivity index (χ1) is 36.5. The number of rotatable bonds is 56. The zero-order valence-electron chi connectivity index (χ0n) is 48.6. The van der Waals surface area contributed by atoms with Crippen molar-refractivity contribution >= 4 is 17.9 Å². The molecule has 424 valence electrons.